The van der Waals surface area contributed by atoms with Crippen LogP contribution in [0.5, 0.6) is 5.75 Å². The van der Waals surface area contributed by atoms with Crippen LogP contribution in [0.4, 0.5) is 14.6 Å². The minimum absolute atomic E-state index is 0.0216. The molecule has 1 aliphatic carbocycles. The van der Waals surface area contributed by atoms with Gasteiger partial charge < -0.3 is 15.0 Å². The Bertz CT molecular complexity index is 1330. The van der Waals surface area contributed by atoms with Crippen molar-refractivity contribution in [2.75, 3.05) is 11.3 Å². The van der Waals surface area contributed by atoms with E-state index in [2.05, 4.69) is 9.88 Å². The van der Waals surface area contributed by atoms with Crippen LogP contribution in [0.1, 0.15) is 24.2 Å². The molecule has 4 rings (SSSR count). The third-order valence-corrected chi connectivity index (χ3v) is 7.18. The molecule has 0 aliphatic heterocycles. The zero-order valence-corrected chi connectivity index (χ0v) is 19.7. The Morgan fingerprint density at radius 1 is 1.24 bits per heavy atom. The first-order valence-corrected chi connectivity index (χ1v) is 12.3. The fourth-order valence-corrected chi connectivity index (χ4v) is 5.17. The molecule has 2 aromatic carbocycles. The summed E-state index contributed by atoms with van der Waals surface area (Å²) >= 11 is 6.23. The lowest BCUT2D eigenvalue weighted by Gasteiger charge is -2.30. The number of sulfonamides is 1. The summed E-state index contributed by atoms with van der Waals surface area (Å²) in [7, 11) is -4.31. The summed E-state index contributed by atoms with van der Waals surface area (Å²) in [6.07, 6.45) is 3.52. The molecule has 1 heterocycles. The van der Waals surface area contributed by atoms with Crippen LogP contribution in [0, 0.1) is 24.5 Å². The van der Waals surface area contributed by atoms with Crippen molar-refractivity contribution in [2.24, 2.45) is 11.7 Å². The molecule has 2 unspecified atom stereocenters. The van der Waals surface area contributed by atoms with Crippen molar-refractivity contribution in [1.29, 1.82) is 0 Å². The average molecular weight is 510 g/mol. The Labute approximate surface area is 200 Å². The van der Waals surface area contributed by atoms with Gasteiger partial charge in [-0.25, -0.2) is 17.2 Å². The lowest BCUT2D eigenvalue weighted by molar-refractivity contribution is 0.252. The predicted octanol–water partition coefficient (Wildman–Crippen LogP) is 4.92. The van der Waals surface area contributed by atoms with E-state index in [0.29, 0.717) is 5.76 Å². The SMILES string of the molecule is Cc1cc(NS(=O)(=O)c2cc(Cl)c(OCC3C(c4ccc(F)cc4)=CCCC3N)cc2F)no1. The van der Waals surface area contributed by atoms with Crippen molar-refractivity contribution in [3.63, 3.8) is 0 Å². The summed E-state index contributed by atoms with van der Waals surface area (Å²) < 4.78 is 66.0. The molecule has 0 spiro atoms. The number of nitrogens with zero attached hydrogens (tertiary/aromatic N) is 1. The van der Waals surface area contributed by atoms with Gasteiger partial charge in [-0.3, -0.25) is 4.72 Å². The van der Waals surface area contributed by atoms with E-state index in [-0.39, 0.29) is 41.0 Å². The molecular weight excluding hydrogens is 488 g/mol. The molecule has 1 aromatic heterocycles. The first-order chi connectivity index (χ1) is 16.1. The summed E-state index contributed by atoms with van der Waals surface area (Å²) in [5.74, 6) is -1.36. The van der Waals surface area contributed by atoms with Crippen molar-refractivity contribution < 1.29 is 26.5 Å². The second kappa shape index (κ2) is 9.73. The number of nitrogens with one attached hydrogen (secondary N) is 1. The monoisotopic (exact) mass is 509 g/mol. The molecule has 3 aromatic rings. The second-order valence-electron chi connectivity index (χ2n) is 7.97. The Hall–Kier alpha value is -2.95. The van der Waals surface area contributed by atoms with E-state index in [1.807, 2.05) is 6.08 Å². The van der Waals surface area contributed by atoms with Gasteiger partial charge in [0.15, 0.2) is 5.82 Å². The number of rotatable bonds is 7. The highest BCUT2D eigenvalue weighted by Gasteiger charge is 2.28. The maximum absolute atomic E-state index is 14.8. The number of hydrogen-bond donors (Lipinski definition) is 2. The van der Waals surface area contributed by atoms with Gasteiger partial charge >= 0.3 is 0 Å². The third-order valence-electron chi connectivity index (χ3n) is 5.52. The molecule has 0 bridgehead atoms. The fourth-order valence-electron chi connectivity index (χ4n) is 3.82. The average Bonchev–Trinajstić information content (AvgIpc) is 3.18. The lowest BCUT2D eigenvalue weighted by Crippen LogP contribution is -2.36. The molecule has 1 aliphatic rings. The molecule has 7 nitrogen and oxygen atoms in total. The fraction of sp³-hybridized carbons (Fsp3) is 0.261. The molecule has 0 fully saturated rings. The summed E-state index contributed by atoms with van der Waals surface area (Å²) in [6.45, 7) is 1.66. The van der Waals surface area contributed by atoms with Gasteiger partial charge in [-0.2, -0.15) is 0 Å². The quantitative estimate of drug-likeness (QED) is 0.468. The maximum Gasteiger partial charge on any atom is 0.266 e. The van der Waals surface area contributed by atoms with Crippen LogP contribution in [0.3, 0.4) is 0 Å². The molecule has 2 atom stereocenters. The highest BCUT2D eigenvalue weighted by atomic mass is 35.5. The predicted molar refractivity (Wildman–Crippen MR) is 124 cm³/mol. The Kier molecular flexibility index (Phi) is 6.92. The molecule has 34 heavy (non-hydrogen) atoms. The zero-order chi connectivity index (χ0) is 24.5. The summed E-state index contributed by atoms with van der Waals surface area (Å²) in [6, 6.07) is 9.09. The highest BCUT2D eigenvalue weighted by molar-refractivity contribution is 7.92. The number of halogens is 3. The van der Waals surface area contributed by atoms with Gasteiger partial charge in [0.2, 0.25) is 0 Å². The van der Waals surface area contributed by atoms with Crippen LogP contribution >= 0.6 is 11.6 Å². The number of nitrogens with two attached hydrogens (primary N) is 1. The van der Waals surface area contributed by atoms with E-state index in [9.17, 15) is 17.2 Å². The van der Waals surface area contributed by atoms with E-state index >= 15 is 0 Å². The molecule has 0 amide bonds. The Balaban J connectivity index is 1.53. The number of anilines is 1. The third kappa shape index (κ3) is 5.24. The van der Waals surface area contributed by atoms with Crippen molar-refractivity contribution in [3.05, 3.63) is 76.5 Å². The summed E-state index contributed by atoms with van der Waals surface area (Å²) in [5.41, 5.74) is 8.04. The molecular formula is C23H22ClF2N3O4S. The van der Waals surface area contributed by atoms with E-state index in [0.717, 1.165) is 36.1 Å². The van der Waals surface area contributed by atoms with E-state index in [4.69, 9.17) is 26.6 Å². The number of benzene rings is 2. The van der Waals surface area contributed by atoms with Gasteiger partial charge in [-0.1, -0.05) is 35.0 Å². The van der Waals surface area contributed by atoms with Crippen LogP contribution in [-0.4, -0.2) is 26.2 Å². The van der Waals surface area contributed by atoms with Crippen LogP contribution in [-0.2, 0) is 10.0 Å². The largest absolute Gasteiger partial charge is 0.491 e. The van der Waals surface area contributed by atoms with Crippen molar-refractivity contribution in [3.8, 4) is 5.75 Å². The minimum atomic E-state index is -4.31. The maximum atomic E-state index is 14.8. The van der Waals surface area contributed by atoms with Crippen LogP contribution in [0.2, 0.25) is 5.02 Å². The van der Waals surface area contributed by atoms with E-state index < -0.39 is 20.7 Å². The van der Waals surface area contributed by atoms with Crippen LogP contribution in [0.25, 0.3) is 5.57 Å². The van der Waals surface area contributed by atoms with Crippen LogP contribution < -0.4 is 15.2 Å². The van der Waals surface area contributed by atoms with Gasteiger partial charge in [0.05, 0.1) is 11.6 Å². The molecule has 11 heteroatoms. The van der Waals surface area contributed by atoms with Gasteiger partial charge in [-0.05, 0) is 49.1 Å². The van der Waals surface area contributed by atoms with Crippen molar-refractivity contribution in [2.45, 2.75) is 30.7 Å². The smallest absolute Gasteiger partial charge is 0.266 e. The van der Waals surface area contributed by atoms with Crippen molar-refractivity contribution in [1.82, 2.24) is 5.16 Å². The standard InChI is InChI=1S/C23H22ClF2N3O4S/c1-13-9-23(28-33-13)29-34(30,31)22-10-18(24)21(11-19(22)26)32-12-17-16(3-2-4-20(17)27)14-5-7-15(25)8-6-14/h3,5-11,17,20H,2,4,12,27H2,1H3,(H,28,29). The highest BCUT2D eigenvalue weighted by Crippen LogP contribution is 2.35. The van der Waals surface area contributed by atoms with Crippen molar-refractivity contribution >= 4 is 33.0 Å². The normalized spacial score (nSPS) is 18.4. The molecule has 3 N–H and O–H groups in total. The topological polar surface area (TPSA) is 107 Å². The summed E-state index contributed by atoms with van der Waals surface area (Å²) in [5, 5.41) is 3.45. The molecule has 180 valence electrons. The van der Waals surface area contributed by atoms with Gasteiger partial charge in [0, 0.05) is 24.1 Å². The number of allylic oxidation sites excluding steroid dienone is 1. The number of ether oxygens (including phenoxy) is 1. The lowest BCUT2D eigenvalue weighted by atomic mass is 9.81. The molecule has 0 saturated carbocycles. The minimum Gasteiger partial charge on any atom is -0.491 e. The number of aromatic nitrogens is 1. The number of aryl methyl sites for hydroxylation is 1. The first-order valence-electron chi connectivity index (χ1n) is 10.4. The Morgan fingerprint density at radius 3 is 2.65 bits per heavy atom. The molecule has 0 radical (unpaired) electrons. The second-order valence-corrected chi connectivity index (χ2v) is 10.0. The Morgan fingerprint density at radius 2 is 1.97 bits per heavy atom. The number of hydrogen-bond acceptors (Lipinski definition) is 6. The zero-order valence-electron chi connectivity index (χ0n) is 18.1. The first kappa shape index (κ1) is 24.2. The molecule has 0 saturated heterocycles. The van der Waals surface area contributed by atoms with Gasteiger partial charge in [0.1, 0.15) is 28.0 Å². The van der Waals surface area contributed by atoms with Crippen LogP contribution in [0.15, 0.2) is 58.0 Å². The van der Waals surface area contributed by atoms with Gasteiger partial charge in [-0.15, -0.1) is 0 Å². The van der Waals surface area contributed by atoms with E-state index in [1.54, 1.807) is 19.1 Å². The van der Waals surface area contributed by atoms with E-state index in [1.165, 1.54) is 18.2 Å². The van der Waals surface area contributed by atoms with Gasteiger partial charge in [0.25, 0.3) is 10.0 Å². The summed E-state index contributed by atoms with van der Waals surface area (Å²) in [4.78, 5) is -0.660.